The van der Waals surface area contributed by atoms with Gasteiger partial charge in [-0.15, -0.1) is 0 Å². The van der Waals surface area contributed by atoms with E-state index in [4.69, 9.17) is 0 Å². The largest absolute Gasteiger partial charge is 0.250 e. The lowest BCUT2D eigenvalue weighted by Gasteiger charge is -2.01. The normalized spacial score (nSPS) is 10.2. The van der Waals surface area contributed by atoms with Crippen molar-refractivity contribution in [1.29, 1.82) is 0 Å². The molecular formula is C12H12N2S. The maximum atomic E-state index is 4.31. The highest BCUT2D eigenvalue weighted by Crippen LogP contribution is 2.23. The van der Waals surface area contributed by atoms with Crippen LogP contribution in [-0.4, -0.2) is 9.97 Å². The molecule has 2 aromatic heterocycles. The van der Waals surface area contributed by atoms with E-state index in [9.17, 15) is 0 Å². The summed E-state index contributed by atoms with van der Waals surface area (Å²) in [7, 11) is 0. The molecule has 0 fully saturated rings. The minimum absolute atomic E-state index is 0.984. The minimum atomic E-state index is 0.984. The second kappa shape index (κ2) is 4.94. The fraction of sp³-hybridized carbons (Fsp3) is 0.167. The van der Waals surface area contributed by atoms with Gasteiger partial charge in [0, 0.05) is 12.4 Å². The molecule has 0 amide bonds. The molecule has 0 aromatic carbocycles. The van der Waals surface area contributed by atoms with Crippen LogP contribution in [-0.2, 0) is 6.42 Å². The standard InChI is InChI=1S/C12H12N2S/c1-2-10-6-8-14-12(9-10)15-11-5-3-4-7-13-11/h3-9H,2H2,1H3. The van der Waals surface area contributed by atoms with Gasteiger partial charge in [-0.05, 0) is 36.2 Å². The van der Waals surface area contributed by atoms with Crippen LogP contribution >= 0.6 is 11.8 Å². The fourth-order valence-corrected chi connectivity index (χ4v) is 2.04. The molecule has 3 heteroatoms. The highest BCUT2D eigenvalue weighted by atomic mass is 32.2. The third-order valence-electron chi connectivity index (χ3n) is 2.05. The molecule has 0 aliphatic rings. The van der Waals surface area contributed by atoms with Gasteiger partial charge >= 0.3 is 0 Å². The van der Waals surface area contributed by atoms with Gasteiger partial charge in [0.05, 0.1) is 0 Å². The molecule has 2 heterocycles. The molecule has 0 radical (unpaired) electrons. The van der Waals surface area contributed by atoms with Crippen LogP contribution in [0.4, 0.5) is 0 Å². The Kier molecular flexibility index (Phi) is 3.35. The molecule has 0 aliphatic heterocycles. The zero-order valence-electron chi connectivity index (χ0n) is 8.55. The first-order valence-electron chi connectivity index (χ1n) is 4.92. The van der Waals surface area contributed by atoms with Gasteiger partial charge in [0.2, 0.25) is 0 Å². The number of hydrogen-bond acceptors (Lipinski definition) is 3. The van der Waals surface area contributed by atoms with Crippen molar-refractivity contribution in [2.24, 2.45) is 0 Å². The zero-order valence-corrected chi connectivity index (χ0v) is 9.37. The van der Waals surface area contributed by atoms with Gasteiger partial charge in [-0.25, -0.2) is 9.97 Å². The first kappa shape index (κ1) is 10.2. The molecule has 0 atom stereocenters. The van der Waals surface area contributed by atoms with Crippen molar-refractivity contribution in [2.75, 3.05) is 0 Å². The molecule has 0 saturated heterocycles. The molecular weight excluding hydrogens is 204 g/mol. The third-order valence-corrected chi connectivity index (χ3v) is 2.94. The molecule has 2 rings (SSSR count). The van der Waals surface area contributed by atoms with Gasteiger partial charge in [0.15, 0.2) is 0 Å². The van der Waals surface area contributed by atoms with Gasteiger partial charge in [0.25, 0.3) is 0 Å². The van der Waals surface area contributed by atoms with Crippen molar-refractivity contribution in [1.82, 2.24) is 9.97 Å². The first-order valence-corrected chi connectivity index (χ1v) is 5.74. The van der Waals surface area contributed by atoms with Gasteiger partial charge < -0.3 is 0 Å². The van der Waals surface area contributed by atoms with Crippen LogP contribution in [0.2, 0.25) is 0 Å². The van der Waals surface area contributed by atoms with Gasteiger partial charge in [0.1, 0.15) is 10.1 Å². The number of rotatable bonds is 3. The Labute approximate surface area is 93.8 Å². The zero-order chi connectivity index (χ0) is 10.5. The predicted molar refractivity (Wildman–Crippen MR) is 62.0 cm³/mol. The second-order valence-electron chi connectivity index (χ2n) is 3.13. The van der Waals surface area contributed by atoms with Crippen LogP contribution in [0.3, 0.4) is 0 Å². The summed E-state index contributed by atoms with van der Waals surface area (Å²) in [5, 5.41) is 1.99. The van der Waals surface area contributed by atoms with E-state index in [0.717, 1.165) is 16.5 Å². The van der Waals surface area contributed by atoms with E-state index in [1.54, 1.807) is 18.0 Å². The van der Waals surface area contributed by atoms with E-state index in [2.05, 4.69) is 23.0 Å². The second-order valence-corrected chi connectivity index (χ2v) is 4.17. The Bertz CT molecular complexity index is 429. The summed E-state index contributed by atoms with van der Waals surface area (Å²) >= 11 is 1.59. The summed E-state index contributed by atoms with van der Waals surface area (Å²) in [6.45, 7) is 2.14. The molecule has 76 valence electrons. The van der Waals surface area contributed by atoms with E-state index >= 15 is 0 Å². The van der Waals surface area contributed by atoms with E-state index < -0.39 is 0 Å². The van der Waals surface area contributed by atoms with Crippen LogP contribution in [0, 0.1) is 0 Å². The SMILES string of the molecule is CCc1ccnc(Sc2ccccn2)c1. The van der Waals surface area contributed by atoms with Gasteiger partial charge in [-0.3, -0.25) is 0 Å². The third kappa shape index (κ3) is 2.80. The van der Waals surface area contributed by atoms with E-state index in [-0.39, 0.29) is 0 Å². The lowest BCUT2D eigenvalue weighted by Crippen LogP contribution is -1.85. The van der Waals surface area contributed by atoms with Crippen molar-refractivity contribution in [3.8, 4) is 0 Å². The summed E-state index contributed by atoms with van der Waals surface area (Å²) in [4.78, 5) is 8.56. The topological polar surface area (TPSA) is 25.8 Å². The number of nitrogens with zero attached hydrogens (tertiary/aromatic N) is 2. The molecule has 15 heavy (non-hydrogen) atoms. The Morgan fingerprint density at radius 3 is 2.67 bits per heavy atom. The van der Waals surface area contributed by atoms with Crippen molar-refractivity contribution in [3.05, 3.63) is 48.3 Å². The molecule has 2 nitrogen and oxygen atoms in total. The van der Waals surface area contributed by atoms with Crippen molar-refractivity contribution in [3.63, 3.8) is 0 Å². The average Bonchev–Trinajstić information content (AvgIpc) is 2.31. The minimum Gasteiger partial charge on any atom is -0.250 e. The number of pyridine rings is 2. The average molecular weight is 216 g/mol. The van der Waals surface area contributed by atoms with E-state index in [1.165, 1.54) is 5.56 Å². The Balaban J connectivity index is 2.17. The van der Waals surface area contributed by atoms with Crippen LogP contribution in [0.5, 0.6) is 0 Å². The van der Waals surface area contributed by atoms with Crippen molar-refractivity contribution < 1.29 is 0 Å². The highest BCUT2D eigenvalue weighted by molar-refractivity contribution is 7.99. The summed E-state index contributed by atoms with van der Waals surface area (Å²) < 4.78 is 0. The summed E-state index contributed by atoms with van der Waals surface area (Å²) in [6, 6.07) is 10.0. The molecule has 0 unspecified atom stereocenters. The smallest absolute Gasteiger partial charge is 0.102 e. The van der Waals surface area contributed by atoms with Gasteiger partial charge in [-0.2, -0.15) is 0 Å². The molecule has 2 aromatic rings. The van der Waals surface area contributed by atoms with E-state index in [1.807, 2.05) is 30.5 Å². The summed E-state index contributed by atoms with van der Waals surface area (Å²) in [6.07, 6.45) is 4.69. The maximum Gasteiger partial charge on any atom is 0.102 e. The van der Waals surface area contributed by atoms with Crippen LogP contribution in [0.1, 0.15) is 12.5 Å². The lowest BCUT2D eigenvalue weighted by atomic mass is 10.2. The van der Waals surface area contributed by atoms with Crippen LogP contribution in [0.15, 0.2) is 52.8 Å². The molecule has 0 aliphatic carbocycles. The lowest BCUT2D eigenvalue weighted by molar-refractivity contribution is 1.04. The number of aromatic nitrogens is 2. The Morgan fingerprint density at radius 1 is 1.07 bits per heavy atom. The Hall–Kier alpha value is -1.35. The fourth-order valence-electron chi connectivity index (χ4n) is 1.24. The highest BCUT2D eigenvalue weighted by Gasteiger charge is 1.99. The van der Waals surface area contributed by atoms with Crippen LogP contribution in [0.25, 0.3) is 0 Å². The summed E-state index contributed by atoms with van der Waals surface area (Å²) in [5.41, 5.74) is 1.31. The monoisotopic (exact) mass is 216 g/mol. The molecule has 0 spiro atoms. The first-order chi connectivity index (χ1) is 7.38. The maximum absolute atomic E-state index is 4.31. The van der Waals surface area contributed by atoms with Crippen LogP contribution < -0.4 is 0 Å². The summed E-state index contributed by atoms with van der Waals surface area (Å²) in [5.74, 6) is 0. The van der Waals surface area contributed by atoms with Crippen molar-refractivity contribution in [2.45, 2.75) is 23.4 Å². The number of aryl methyl sites for hydroxylation is 1. The van der Waals surface area contributed by atoms with E-state index in [0.29, 0.717) is 0 Å². The van der Waals surface area contributed by atoms with Crippen molar-refractivity contribution >= 4 is 11.8 Å². The Morgan fingerprint density at radius 2 is 1.93 bits per heavy atom. The van der Waals surface area contributed by atoms with Gasteiger partial charge in [-0.1, -0.05) is 24.8 Å². The quantitative estimate of drug-likeness (QED) is 0.788. The predicted octanol–water partition coefficient (Wildman–Crippen LogP) is 3.19. The molecule has 0 saturated carbocycles. The molecule has 0 bridgehead atoms. The molecule has 0 N–H and O–H groups in total. The number of hydrogen-bond donors (Lipinski definition) is 0.